The molecule has 2 aromatic rings. The maximum absolute atomic E-state index is 4.39. The molecule has 4 heteroatoms. The smallest absolute Gasteiger partial charge is 0.138 e. The summed E-state index contributed by atoms with van der Waals surface area (Å²) in [5.74, 6) is 1.65. The van der Waals surface area contributed by atoms with Crippen molar-refractivity contribution in [3.63, 3.8) is 0 Å². The predicted octanol–water partition coefficient (Wildman–Crippen LogP) is 2.77. The number of benzene rings is 1. The first-order valence-corrected chi connectivity index (χ1v) is 8.02. The third-order valence-corrected chi connectivity index (χ3v) is 4.21. The van der Waals surface area contributed by atoms with E-state index >= 15 is 0 Å². The summed E-state index contributed by atoms with van der Waals surface area (Å²) in [6.07, 6.45) is 6.44. The van der Waals surface area contributed by atoms with Crippen LogP contribution in [-0.2, 0) is 13.0 Å². The third-order valence-electron chi connectivity index (χ3n) is 4.21. The van der Waals surface area contributed by atoms with Gasteiger partial charge in [0.2, 0.25) is 0 Å². The summed E-state index contributed by atoms with van der Waals surface area (Å²) in [7, 11) is 0. The topological polar surface area (TPSA) is 42.7 Å². The van der Waals surface area contributed by atoms with Gasteiger partial charge in [0.15, 0.2) is 0 Å². The average Bonchev–Trinajstić information content (AvgIpc) is 3.25. The molecular formula is C17H24N4. The SMILES string of the molecule is CCn1ncnc1CCC(CNC1CC1)c1ccccc1. The standard InChI is InChI=1S/C17H24N4/c1-2-21-17(19-13-20-21)11-8-15(12-18-16-9-10-16)14-6-4-3-5-7-14/h3-7,13,15-16,18H,2,8-12H2,1H3. The fourth-order valence-corrected chi connectivity index (χ4v) is 2.76. The molecule has 1 aliphatic carbocycles. The maximum Gasteiger partial charge on any atom is 0.138 e. The molecule has 0 amide bonds. The van der Waals surface area contributed by atoms with Crippen LogP contribution in [0, 0.1) is 0 Å². The van der Waals surface area contributed by atoms with Crippen molar-refractivity contribution in [3.05, 3.63) is 48.0 Å². The maximum atomic E-state index is 4.39. The van der Waals surface area contributed by atoms with E-state index < -0.39 is 0 Å². The molecule has 1 fully saturated rings. The van der Waals surface area contributed by atoms with Crippen LogP contribution in [0.3, 0.4) is 0 Å². The minimum atomic E-state index is 0.550. The zero-order chi connectivity index (χ0) is 14.5. The van der Waals surface area contributed by atoms with E-state index in [-0.39, 0.29) is 0 Å². The Morgan fingerprint density at radius 1 is 1.29 bits per heavy atom. The number of hydrogen-bond donors (Lipinski definition) is 1. The first-order valence-electron chi connectivity index (χ1n) is 8.02. The van der Waals surface area contributed by atoms with Crippen LogP contribution in [0.25, 0.3) is 0 Å². The third kappa shape index (κ3) is 3.91. The van der Waals surface area contributed by atoms with Gasteiger partial charge in [-0.2, -0.15) is 5.10 Å². The lowest BCUT2D eigenvalue weighted by molar-refractivity contribution is 0.525. The number of hydrogen-bond acceptors (Lipinski definition) is 3. The van der Waals surface area contributed by atoms with Crippen molar-refractivity contribution >= 4 is 0 Å². The normalized spacial score (nSPS) is 16.0. The van der Waals surface area contributed by atoms with Gasteiger partial charge in [-0.15, -0.1) is 0 Å². The molecule has 112 valence electrons. The molecule has 1 aromatic heterocycles. The highest BCUT2D eigenvalue weighted by atomic mass is 15.3. The van der Waals surface area contributed by atoms with Crippen LogP contribution in [0.2, 0.25) is 0 Å². The minimum Gasteiger partial charge on any atom is -0.313 e. The van der Waals surface area contributed by atoms with Gasteiger partial charge in [0.1, 0.15) is 12.2 Å². The summed E-state index contributed by atoms with van der Waals surface area (Å²) in [5.41, 5.74) is 1.42. The second kappa shape index (κ2) is 6.85. The Hall–Kier alpha value is -1.68. The van der Waals surface area contributed by atoms with Crippen molar-refractivity contribution in [2.75, 3.05) is 6.54 Å². The Bertz CT molecular complexity index is 545. The lowest BCUT2D eigenvalue weighted by Crippen LogP contribution is -2.24. The lowest BCUT2D eigenvalue weighted by atomic mass is 9.94. The molecule has 1 aromatic carbocycles. The molecule has 3 rings (SSSR count). The van der Waals surface area contributed by atoms with E-state index in [1.807, 2.05) is 4.68 Å². The number of aromatic nitrogens is 3. The molecule has 1 atom stereocenters. The van der Waals surface area contributed by atoms with Crippen LogP contribution < -0.4 is 5.32 Å². The Balaban J connectivity index is 1.63. The van der Waals surface area contributed by atoms with E-state index in [1.54, 1.807) is 6.33 Å². The van der Waals surface area contributed by atoms with E-state index in [0.29, 0.717) is 5.92 Å². The van der Waals surface area contributed by atoms with E-state index in [2.05, 4.69) is 52.7 Å². The highest BCUT2D eigenvalue weighted by Gasteiger charge is 2.22. The molecular weight excluding hydrogens is 260 g/mol. The van der Waals surface area contributed by atoms with Gasteiger partial charge in [-0.25, -0.2) is 4.98 Å². The molecule has 0 saturated heterocycles. The Morgan fingerprint density at radius 2 is 2.10 bits per heavy atom. The van der Waals surface area contributed by atoms with Crippen molar-refractivity contribution < 1.29 is 0 Å². The van der Waals surface area contributed by atoms with Crippen LogP contribution in [0.1, 0.15) is 43.5 Å². The second-order valence-corrected chi connectivity index (χ2v) is 5.82. The van der Waals surface area contributed by atoms with Gasteiger partial charge in [-0.1, -0.05) is 30.3 Å². The van der Waals surface area contributed by atoms with Crippen LogP contribution in [0.4, 0.5) is 0 Å². The molecule has 1 N–H and O–H groups in total. The minimum absolute atomic E-state index is 0.550. The van der Waals surface area contributed by atoms with Gasteiger partial charge < -0.3 is 5.32 Å². The summed E-state index contributed by atoms with van der Waals surface area (Å²) < 4.78 is 2.00. The molecule has 0 aliphatic heterocycles. The number of rotatable bonds is 8. The van der Waals surface area contributed by atoms with Crippen molar-refractivity contribution in [1.29, 1.82) is 0 Å². The Labute approximate surface area is 126 Å². The van der Waals surface area contributed by atoms with Crippen molar-refractivity contribution in [2.45, 2.75) is 51.1 Å². The summed E-state index contributed by atoms with van der Waals surface area (Å²) in [6, 6.07) is 11.6. The summed E-state index contributed by atoms with van der Waals surface area (Å²) in [5, 5.41) is 7.93. The largest absolute Gasteiger partial charge is 0.313 e. The van der Waals surface area contributed by atoms with E-state index in [4.69, 9.17) is 0 Å². The van der Waals surface area contributed by atoms with Gasteiger partial charge in [0, 0.05) is 25.6 Å². The zero-order valence-corrected chi connectivity index (χ0v) is 12.7. The molecule has 1 unspecified atom stereocenters. The van der Waals surface area contributed by atoms with Crippen molar-refractivity contribution in [1.82, 2.24) is 20.1 Å². The van der Waals surface area contributed by atoms with Crippen LogP contribution in [0.5, 0.6) is 0 Å². The number of aryl methyl sites for hydroxylation is 2. The van der Waals surface area contributed by atoms with E-state index in [9.17, 15) is 0 Å². The second-order valence-electron chi connectivity index (χ2n) is 5.82. The summed E-state index contributed by atoms with van der Waals surface area (Å²) >= 11 is 0. The Kier molecular flexibility index (Phi) is 4.65. The van der Waals surface area contributed by atoms with Crippen LogP contribution >= 0.6 is 0 Å². The summed E-state index contributed by atoms with van der Waals surface area (Å²) in [4.78, 5) is 4.39. The fourth-order valence-electron chi connectivity index (χ4n) is 2.76. The Morgan fingerprint density at radius 3 is 2.81 bits per heavy atom. The summed E-state index contributed by atoms with van der Waals surface area (Å²) in [6.45, 7) is 4.07. The lowest BCUT2D eigenvalue weighted by Gasteiger charge is -2.18. The number of nitrogens with zero attached hydrogens (tertiary/aromatic N) is 3. The van der Waals surface area contributed by atoms with Crippen LogP contribution in [-0.4, -0.2) is 27.4 Å². The molecule has 1 heterocycles. The molecule has 0 bridgehead atoms. The van der Waals surface area contributed by atoms with Gasteiger partial charge in [-0.3, -0.25) is 4.68 Å². The monoisotopic (exact) mass is 284 g/mol. The molecule has 0 spiro atoms. The molecule has 1 saturated carbocycles. The quantitative estimate of drug-likeness (QED) is 0.810. The van der Waals surface area contributed by atoms with Gasteiger partial charge in [-0.05, 0) is 37.7 Å². The highest BCUT2D eigenvalue weighted by Crippen LogP contribution is 2.24. The predicted molar refractivity (Wildman–Crippen MR) is 84.2 cm³/mol. The average molecular weight is 284 g/mol. The number of nitrogens with one attached hydrogen (secondary N) is 1. The highest BCUT2D eigenvalue weighted by molar-refractivity contribution is 5.20. The van der Waals surface area contributed by atoms with Crippen molar-refractivity contribution in [2.24, 2.45) is 0 Å². The molecule has 0 radical (unpaired) electrons. The zero-order valence-electron chi connectivity index (χ0n) is 12.7. The van der Waals surface area contributed by atoms with Gasteiger partial charge in [0.05, 0.1) is 0 Å². The first kappa shape index (κ1) is 14.3. The van der Waals surface area contributed by atoms with Gasteiger partial charge >= 0.3 is 0 Å². The van der Waals surface area contributed by atoms with Crippen molar-refractivity contribution in [3.8, 4) is 0 Å². The molecule has 1 aliphatic rings. The first-order chi connectivity index (χ1) is 10.4. The van der Waals surface area contributed by atoms with Crippen LogP contribution in [0.15, 0.2) is 36.7 Å². The molecule has 4 nitrogen and oxygen atoms in total. The molecule has 21 heavy (non-hydrogen) atoms. The van der Waals surface area contributed by atoms with E-state index in [1.165, 1.54) is 18.4 Å². The van der Waals surface area contributed by atoms with E-state index in [0.717, 1.165) is 37.8 Å². The fraction of sp³-hybridized carbons (Fsp3) is 0.529. The van der Waals surface area contributed by atoms with Gasteiger partial charge in [0.25, 0.3) is 0 Å².